The second-order valence-corrected chi connectivity index (χ2v) is 10.6. The number of thiazole rings is 1. The van der Waals surface area contributed by atoms with Gasteiger partial charge in [0.25, 0.3) is 0 Å². The maximum atomic E-state index is 12.8. The zero-order chi connectivity index (χ0) is 24.1. The van der Waals surface area contributed by atoms with Gasteiger partial charge in [0, 0.05) is 56.8 Å². The lowest BCUT2D eigenvalue weighted by molar-refractivity contribution is -0.132. The first-order valence-corrected chi connectivity index (χ1v) is 12.7. The highest BCUT2D eigenvalue weighted by molar-refractivity contribution is 7.13. The summed E-state index contributed by atoms with van der Waals surface area (Å²) in [6.07, 6.45) is -0.0439. The van der Waals surface area contributed by atoms with Gasteiger partial charge in [-0.3, -0.25) is 9.69 Å². The molecular formula is C25H34N4O4S. The van der Waals surface area contributed by atoms with E-state index in [2.05, 4.69) is 29.2 Å². The molecule has 2 aromatic rings. The molecule has 0 aliphatic carbocycles. The van der Waals surface area contributed by atoms with E-state index in [-0.39, 0.29) is 18.4 Å². The van der Waals surface area contributed by atoms with E-state index < -0.39 is 5.60 Å². The van der Waals surface area contributed by atoms with Crippen LogP contribution in [0.3, 0.4) is 0 Å². The van der Waals surface area contributed by atoms with E-state index in [9.17, 15) is 9.59 Å². The fourth-order valence-electron chi connectivity index (χ4n) is 4.02. The molecule has 2 saturated heterocycles. The molecule has 2 aliphatic heterocycles. The van der Waals surface area contributed by atoms with Crippen LogP contribution in [0.2, 0.25) is 0 Å². The van der Waals surface area contributed by atoms with E-state index in [1.165, 1.54) is 5.56 Å². The van der Waals surface area contributed by atoms with Crippen molar-refractivity contribution in [2.24, 2.45) is 0 Å². The number of aromatic nitrogens is 1. The number of rotatable bonds is 5. The molecule has 2 amide bonds. The highest BCUT2D eigenvalue weighted by atomic mass is 32.1. The van der Waals surface area contributed by atoms with E-state index in [1.54, 1.807) is 21.1 Å². The van der Waals surface area contributed by atoms with Crippen molar-refractivity contribution in [3.8, 4) is 10.6 Å². The Morgan fingerprint density at radius 2 is 1.65 bits per heavy atom. The summed E-state index contributed by atoms with van der Waals surface area (Å²) < 4.78 is 10.8. The average molecular weight is 487 g/mol. The summed E-state index contributed by atoms with van der Waals surface area (Å²) in [6, 6.07) is 8.52. The molecule has 0 bridgehead atoms. The van der Waals surface area contributed by atoms with Crippen molar-refractivity contribution in [3.63, 3.8) is 0 Å². The predicted octanol–water partition coefficient (Wildman–Crippen LogP) is 3.26. The van der Waals surface area contributed by atoms with Crippen LogP contribution in [-0.2, 0) is 27.2 Å². The van der Waals surface area contributed by atoms with Crippen LogP contribution in [0.15, 0.2) is 29.6 Å². The van der Waals surface area contributed by atoms with E-state index in [1.807, 2.05) is 26.2 Å². The number of ether oxygens (including phenoxy) is 2. The predicted molar refractivity (Wildman–Crippen MR) is 132 cm³/mol. The summed E-state index contributed by atoms with van der Waals surface area (Å²) in [6.45, 7) is 12.0. The zero-order valence-electron chi connectivity index (χ0n) is 20.3. The molecule has 184 valence electrons. The highest BCUT2D eigenvalue weighted by Crippen LogP contribution is 2.25. The number of hydrogen-bond donors (Lipinski definition) is 0. The molecule has 8 nitrogen and oxygen atoms in total. The van der Waals surface area contributed by atoms with Crippen LogP contribution in [0.4, 0.5) is 4.79 Å². The van der Waals surface area contributed by atoms with Crippen molar-refractivity contribution in [3.05, 3.63) is 40.9 Å². The standard InChI is InChI=1S/C25H34N4O4S/c1-25(2,3)33-24(31)29-10-8-28(9-11-29)22(30)16-21-18-34-23(26-21)20-6-4-19(5-7-20)17-27-12-14-32-15-13-27/h4-7,18H,8-17H2,1-3H3. The van der Waals surface area contributed by atoms with Crippen molar-refractivity contribution in [1.82, 2.24) is 19.7 Å². The third kappa shape index (κ3) is 6.77. The molecule has 0 unspecified atom stereocenters. The van der Waals surface area contributed by atoms with Crippen LogP contribution in [-0.4, -0.2) is 89.8 Å². The summed E-state index contributed by atoms with van der Waals surface area (Å²) in [4.78, 5) is 35.6. The Kier molecular flexibility index (Phi) is 7.85. The summed E-state index contributed by atoms with van der Waals surface area (Å²) in [5.74, 6) is 0.0431. The van der Waals surface area contributed by atoms with Gasteiger partial charge in [-0.2, -0.15) is 0 Å². The van der Waals surface area contributed by atoms with Crippen LogP contribution in [0.5, 0.6) is 0 Å². The Morgan fingerprint density at radius 1 is 1.00 bits per heavy atom. The maximum Gasteiger partial charge on any atom is 0.410 e. The molecule has 0 radical (unpaired) electrons. The molecule has 3 heterocycles. The third-order valence-electron chi connectivity index (χ3n) is 5.88. The maximum absolute atomic E-state index is 12.8. The number of carbonyl (C=O) groups is 2. The fourth-order valence-corrected chi connectivity index (χ4v) is 4.85. The topological polar surface area (TPSA) is 75.2 Å². The second kappa shape index (κ2) is 10.8. The Morgan fingerprint density at radius 3 is 2.29 bits per heavy atom. The van der Waals surface area contributed by atoms with Gasteiger partial charge in [0.05, 0.1) is 25.3 Å². The molecule has 34 heavy (non-hydrogen) atoms. The first-order chi connectivity index (χ1) is 16.3. The summed E-state index contributed by atoms with van der Waals surface area (Å²) in [5.41, 5.74) is 2.62. The number of benzene rings is 1. The lowest BCUT2D eigenvalue weighted by Gasteiger charge is -2.35. The highest BCUT2D eigenvalue weighted by Gasteiger charge is 2.28. The largest absolute Gasteiger partial charge is 0.444 e. The SMILES string of the molecule is CC(C)(C)OC(=O)N1CCN(C(=O)Cc2csc(-c3ccc(CN4CCOCC4)cc3)n2)CC1. The van der Waals surface area contributed by atoms with E-state index >= 15 is 0 Å². The monoisotopic (exact) mass is 486 g/mol. The van der Waals surface area contributed by atoms with Crippen molar-refractivity contribution in [2.45, 2.75) is 39.3 Å². The number of morpholine rings is 1. The van der Waals surface area contributed by atoms with Crippen LogP contribution >= 0.6 is 11.3 Å². The third-order valence-corrected chi connectivity index (χ3v) is 6.82. The summed E-state index contributed by atoms with van der Waals surface area (Å²) in [5, 5.41) is 2.89. The van der Waals surface area contributed by atoms with Gasteiger partial charge < -0.3 is 19.3 Å². The fraction of sp³-hybridized carbons (Fsp3) is 0.560. The Bertz CT molecular complexity index is 972. The van der Waals surface area contributed by atoms with Gasteiger partial charge in [0.15, 0.2) is 0 Å². The molecule has 0 spiro atoms. The molecule has 4 rings (SSSR count). The first-order valence-electron chi connectivity index (χ1n) is 11.9. The minimum atomic E-state index is -0.518. The first kappa shape index (κ1) is 24.6. The zero-order valence-corrected chi connectivity index (χ0v) is 21.1. The van der Waals surface area contributed by atoms with Crippen molar-refractivity contribution in [2.75, 3.05) is 52.5 Å². The normalized spacial score (nSPS) is 17.6. The smallest absolute Gasteiger partial charge is 0.410 e. The molecule has 1 aromatic carbocycles. The number of piperazine rings is 1. The lowest BCUT2D eigenvalue weighted by atomic mass is 10.1. The minimum Gasteiger partial charge on any atom is -0.444 e. The van der Waals surface area contributed by atoms with E-state index in [0.717, 1.165) is 49.1 Å². The van der Waals surface area contributed by atoms with Gasteiger partial charge >= 0.3 is 6.09 Å². The van der Waals surface area contributed by atoms with Gasteiger partial charge in [-0.25, -0.2) is 9.78 Å². The van der Waals surface area contributed by atoms with E-state index in [0.29, 0.717) is 26.2 Å². The molecule has 2 fully saturated rings. The number of nitrogens with zero attached hydrogens (tertiary/aromatic N) is 4. The molecule has 9 heteroatoms. The molecule has 2 aliphatic rings. The Balaban J connectivity index is 1.26. The number of carbonyl (C=O) groups excluding carboxylic acids is 2. The number of hydrogen-bond acceptors (Lipinski definition) is 7. The molecule has 0 atom stereocenters. The van der Waals surface area contributed by atoms with Gasteiger partial charge in [-0.15, -0.1) is 11.3 Å². The second-order valence-electron chi connectivity index (χ2n) is 9.75. The summed E-state index contributed by atoms with van der Waals surface area (Å²) in [7, 11) is 0. The van der Waals surface area contributed by atoms with Crippen LogP contribution in [0.25, 0.3) is 10.6 Å². The van der Waals surface area contributed by atoms with Crippen molar-refractivity contribution >= 4 is 23.3 Å². The molecule has 1 aromatic heterocycles. The number of amides is 2. The quantitative estimate of drug-likeness (QED) is 0.646. The Labute approximate surface area is 205 Å². The van der Waals surface area contributed by atoms with Crippen LogP contribution in [0, 0.1) is 0 Å². The lowest BCUT2D eigenvalue weighted by Crippen LogP contribution is -2.52. The van der Waals surface area contributed by atoms with Gasteiger partial charge in [-0.05, 0) is 26.3 Å². The molecule has 0 N–H and O–H groups in total. The van der Waals surface area contributed by atoms with Crippen molar-refractivity contribution < 1.29 is 19.1 Å². The van der Waals surface area contributed by atoms with Gasteiger partial charge in [0.2, 0.25) is 5.91 Å². The summed E-state index contributed by atoms with van der Waals surface area (Å²) >= 11 is 1.56. The van der Waals surface area contributed by atoms with Crippen LogP contribution in [0.1, 0.15) is 32.0 Å². The van der Waals surface area contributed by atoms with E-state index in [4.69, 9.17) is 14.5 Å². The molecular weight excluding hydrogens is 452 g/mol. The Hall–Kier alpha value is -2.49. The van der Waals surface area contributed by atoms with Gasteiger partial charge in [-0.1, -0.05) is 24.3 Å². The minimum absolute atomic E-state index is 0.0431. The van der Waals surface area contributed by atoms with Gasteiger partial charge in [0.1, 0.15) is 10.6 Å². The molecule has 0 saturated carbocycles. The average Bonchev–Trinajstić information content (AvgIpc) is 3.27. The van der Waals surface area contributed by atoms with Crippen molar-refractivity contribution in [1.29, 1.82) is 0 Å². The van der Waals surface area contributed by atoms with Crippen LogP contribution < -0.4 is 0 Å².